The Kier molecular flexibility index (Phi) is 4.07. The number of para-hydroxylation sites is 1. The molecule has 0 bridgehead atoms. The zero-order valence-corrected chi connectivity index (χ0v) is 14.2. The molecular formula is C20H16N2O2S. The molecule has 25 heavy (non-hydrogen) atoms. The van der Waals surface area contributed by atoms with Crippen LogP contribution in [0, 0.1) is 0 Å². The van der Waals surface area contributed by atoms with Crippen molar-refractivity contribution in [3.05, 3.63) is 80.3 Å². The molecule has 1 N–H and O–H groups in total. The number of aliphatic imine (C=N–C) groups is 1. The number of allylic oxidation sites excluding steroid dienone is 1. The molecule has 4 nitrogen and oxygen atoms in total. The van der Waals surface area contributed by atoms with Crippen LogP contribution >= 0.6 is 11.3 Å². The highest BCUT2D eigenvalue weighted by Crippen LogP contribution is 2.34. The number of thiazole rings is 1. The molecule has 4 rings (SSSR count). The van der Waals surface area contributed by atoms with Crippen LogP contribution < -0.4 is 4.87 Å². The van der Waals surface area contributed by atoms with E-state index in [1.807, 2.05) is 60.7 Å². The molecule has 124 valence electrons. The van der Waals surface area contributed by atoms with Gasteiger partial charge in [-0.3, -0.25) is 14.4 Å². The third-order valence-electron chi connectivity index (χ3n) is 4.20. The molecule has 1 aliphatic heterocycles. The van der Waals surface area contributed by atoms with Crippen LogP contribution in [0.25, 0.3) is 11.6 Å². The van der Waals surface area contributed by atoms with E-state index in [1.54, 1.807) is 6.21 Å². The molecule has 0 amide bonds. The van der Waals surface area contributed by atoms with Gasteiger partial charge in [-0.05, 0) is 24.1 Å². The van der Waals surface area contributed by atoms with Gasteiger partial charge in [0, 0.05) is 23.9 Å². The average molecular weight is 348 g/mol. The van der Waals surface area contributed by atoms with Gasteiger partial charge in [-0.2, -0.15) is 0 Å². The van der Waals surface area contributed by atoms with Gasteiger partial charge in [0.2, 0.25) is 5.88 Å². The Labute approximate surface area is 149 Å². The van der Waals surface area contributed by atoms with E-state index in [0.717, 1.165) is 33.7 Å². The van der Waals surface area contributed by atoms with Gasteiger partial charge in [0.05, 0.1) is 10.6 Å². The number of aryl methyl sites for hydroxylation is 1. The predicted molar refractivity (Wildman–Crippen MR) is 103 cm³/mol. The van der Waals surface area contributed by atoms with Crippen LogP contribution in [0.15, 0.2) is 64.4 Å². The summed E-state index contributed by atoms with van der Waals surface area (Å²) in [6, 6.07) is 17.8. The molecule has 2 aromatic carbocycles. The SMILES string of the molecule is O=c1sc(C=C2C=Nc3ccccc32)c(O)n1CCc1ccccc1. The summed E-state index contributed by atoms with van der Waals surface area (Å²) < 4.78 is 1.43. The van der Waals surface area contributed by atoms with Gasteiger partial charge in [-0.1, -0.05) is 59.9 Å². The molecule has 0 saturated carbocycles. The lowest BCUT2D eigenvalue weighted by Crippen LogP contribution is -2.13. The number of aromatic nitrogens is 1. The lowest BCUT2D eigenvalue weighted by Gasteiger charge is -2.04. The summed E-state index contributed by atoms with van der Waals surface area (Å²) in [5, 5.41) is 10.5. The zero-order valence-electron chi connectivity index (χ0n) is 13.4. The van der Waals surface area contributed by atoms with Crippen molar-refractivity contribution in [2.75, 3.05) is 0 Å². The summed E-state index contributed by atoms with van der Waals surface area (Å²) in [6.07, 6.45) is 4.30. The first-order chi connectivity index (χ1) is 12.2. The fourth-order valence-corrected chi connectivity index (χ4v) is 3.75. The topological polar surface area (TPSA) is 54.6 Å². The van der Waals surface area contributed by atoms with E-state index in [9.17, 15) is 9.90 Å². The predicted octanol–water partition coefficient (Wildman–Crippen LogP) is 4.11. The summed E-state index contributed by atoms with van der Waals surface area (Å²) in [5.74, 6) is 0.0243. The third-order valence-corrected chi connectivity index (χ3v) is 5.12. The first kappa shape index (κ1) is 15.6. The molecule has 0 fully saturated rings. The first-order valence-corrected chi connectivity index (χ1v) is 8.86. The lowest BCUT2D eigenvalue weighted by molar-refractivity contribution is 0.412. The quantitative estimate of drug-likeness (QED) is 0.771. The molecule has 3 aromatic rings. The Bertz CT molecular complexity index is 1030. The second kappa shape index (κ2) is 6.53. The maximum absolute atomic E-state index is 12.3. The number of nitrogens with zero attached hydrogens (tertiary/aromatic N) is 2. The van der Waals surface area contributed by atoms with Crippen molar-refractivity contribution in [3.63, 3.8) is 0 Å². The van der Waals surface area contributed by atoms with Crippen LogP contribution in [-0.4, -0.2) is 15.9 Å². The molecule has 0 atom stereocenters. The minimum atomic E-state index is -0.150. The third kappa shape index (κ3) is 3.06. The standard InChI is InChI=1S/C20H16N2O2S/c23-19-18(12-15-13-21-17-9-5-4-8-16(15)17)25-20(24)22(19)11-10-14-6-2-1-3-7-14/h1-9,12-13,23H,10-11H2. The van der Waals surface area contributed by atoms with Gasteiger partial charge in [-0.25, -0.2) is 0 Å². The van der Waals surface area contributed by atoms with Gasteiger partial charge >= 0.3 is 4.87 Å². The van der Waals surface area contributed by atoms with Gasteiger partial charge < -0.3 is 5.11 Å². The van der Waals surface area contributed by atoms with Crippen LogP contribution in [0.4, 0.5) is 5.69 Å². The smallest absolute Gasteiger partial charge is 0.310 e. The highest BCUT2D eigenvalue weighted by Gasteiger charge is 2.16. The molecule has 0 aliphatic carbocycles. The summed E-state index contributed by atoms with van der Waals surface area (Å²) in [4.78, 5) is 17.0. The van der Waals surface area contributed by atoms with Crippen LogP contribution in [0.5, 0.6) is 5.88 Å². The van der Waals surface area contributed by atoms with E-state index in [4.69, 9.17) is 0 Å². The van der Waals surface area contributed by atoms with E-state index in [1.165, 1.54) is 4.57 Å². The molecule has 1 aromatic heterocycles. The van der Waals surface area contributed by atoms with Crippen molar-refractivity contribution in [2.45, 2.75) is 13.0 Å². The molecule has 0 unspecified atom stereocenters. The van der Waals surface area contributed by atoms with Gasteiger partial charge in [0.25, 0.3) is 0 Å². The molecule has 2 heterocycles. The minimum absolute atomic E-state index is 0.0243. The van der Waals surface area contributed by atoms with Crippen LogP contribution in [0.2, 0.25) is 0 Å². The molecule has 1 aliphatic rings. The number of rotatable bonds is 4. The van der Waals surface area contributed by atoms with Gasteiger partial charge in [0.1, 0.15) is 0 Å². The van der Waals surface area contributed by atoms with Crippen molar-refractivity contribution in [1.82, 2.24) is 4.57 Å². The van der Waals surface area contributed by atoms with Crippen LogP contribution in [0.3, 0.4) is 0 Å². The normalized spacial score (nSPS) is 14.2. The van der Waals surface area contributed by atoms with E-state index < -0.39 is 0 Å². The van der Waals surface area contributed by atoms with Crippen molar-refractivity contribution in [2.24, 2.45) is 4.99 Å². The summed E-state index contributed by atoms with van der Waals surface area (Å²) in [7, 11) is 0. The second-order valence-electron chi connectivity index (χ2n) is 5.82. The van der Waals surface area contributed by atoms with Crippen molar-refractivity contribution < 1.29 is 5.11 Å². The Hall–Kier alpha value is -2.92. The number of fused-ring (bicyclic) bond motifs is 1. The Balaban J connectivity index is 1.62. The van der Waals surface area contributed by atoms with Crippen molar-refractivity contribution in [1.29, 1.82) is 0 Å². The fraction of sp³-hybridized carbons (Fsp3) is 0.100. The minimum Gasteiger partial charge on any atom is -0.493 e. The number of benzene rings is 2. The van der Waals surface area contributed by atoms with Crippen molar-refractivity contribution in [3.8, 4) is 5.88 Å². The highest BCUT2D eigenvalue weighted by molar-refractivity contribution is 7.10. The maximum atomic E-state index is 12.3. The Morgan fingerprint density at radius 2 is 1.84 bits per heavy atom. The molecule has 0 spiro atoms. The number of hydrogen-bond donors (Lipinski definition) is 1. The fourth-order valence-electron chi connectivity index (χ4n) is 2.89. The van der Waals surface area contributed by atoms with Gasteiger partial charge in [0.15, 0.2) is 0 Å². The molecule has 0 saturated heterocycles. The summed E-state index contributed by atoms with van der Waals surface area (Å²) >= 11 is 1.06. The average Bonchev–Trinajstić information content (AvgIpc) is 3.16. The van der Waals surface area contributed by atoms with E-state index >= 15 is 0 Å². The summed E-state index contributed by atoms with van der Waals surface area (Å²) in [5.41, 5.74) is 3.96. The monoisotopic (exact) mass is 348 g/mol. The van der Waals surface area contributed by atoms with E-state index in [2.05, 4.69) is 4.99 Å². The van der Waals surface area contributed by atoms with E-state index in [-0.39, 0.29) is 10.8 Å². The molecular weight excluding hydrogens is 332 g/mol. The second-order valence-corrected chi connectivity index (χ2v) is 6.81. The Morgan fingerprint density at radius 3 is 2.68 bits per heavy atom. The maximum Gasteiger partial charge on any atom is 0.310 e. The van der Waals surface area contributed by atoms with Crippen LogP contribution in [0.1, 0.15) is 16.0 Å². The van der Waals surface area contributed by atoms with Crippen LogP contribution in [-0.2, 0) is 13.0 Å². The van der Waals surface area contributed by atoms with Crippen molar-refractivity contribution >= 4 is 34.9 Å². The molecule has 0 radical (unpaired) electrons. The largest absolute Gasteiger partial charge is 0.493 e. The first-order valence-electron chi connectivity index (χ1n) is 8.04. The number of aromatic hydroxyl groups is 1. The van der Waals surface area contributed by atoms with E-state index in [0.29, 0.717) is 17.8 Å². The highest BCUT2D eigenvalue weighted by atomic mass is 32.1. The van der Waals surface area contributed by atoms with Gasteiger partial charge in [-0.15, -0.1) is 0 Å². The number of hydrogen-bond acceptors (Lipinski definition) is 4. The molecule has 5 heteroatoms. The Morgan fingerprint density at radius 1 is 1.08 bits per heavy atom. The zero-order chi connectivity index (χ0) is 17.2. The lowest BCUT2D eigenvalue weighted by atomic mass is 10.1. The summed E-state index contributed by atoms with van der Waals surface area (Å²) in [6.45, 7) is 0.457.